The van der Waals surface area contributed by atoms with Gasteiger partial charge in [-0.15, -0.1) is 0 Å². The number of nitrogens with one attached hydrogen (secondary N) is 1. The number of fused-ring (bicyclic) bond motifs is 1. The van der Waals surface area contributed by atoms with Gasteiger partial charge in [0.1, 0.15) is 5.82 Å². The molecule has 0 saturated carbocycles. The largest absolute Gasteiger partial charge is 0.348 e. The number of rotatable bonds is 3. The maximum absolute atomic E-state index is 13.5. The van der Waals surface area contributed by atoms with Crippen molar-refractivity contribution in [1.29, 1.82) is 0 Å². The number of aryl methyl sites for hydroxylation is 2. The Morgan fingerprint density at radius 1 is 1.22 bits per heavy atom. The summed E-state index contributed by atoms with van der Waals surface area (Å²) in [5, 5.41) is 3.61. The first-order valence-electron chi connectivity index (χ1n) is 7.30. The molecule has 0 aliphatic carbocycles. The van der Waals surface area contributed by atoms with Crippen molar-refractivity contribution >= 4 is 16.9 Å². The molecule has 3 rings (SSSR count). The Labute approximate surface area is 133 Å². The fourth-order valence-electron chi connectivity index (χ4n) is 2.35. The number of aromatic nitrogens is 2. The van der Waals surface area contributed by atoms with Crippen molar-refractivity contribution < 1.29 is 9.18 Å². The zero-order valence-corrected chi connectivity index (χ0v) is 12.9. The molecule has 0 aliphatic heterocycles. The summed E-state index contributed by atoms with van der Waals surface area (Å²) in [4.78, 5) is 20.9. The third-order valence-corrected chi connectivity index (χ3v) is 3.71. The van der Waals surface area contributed by atoms with Crippen molar-refractivity contribution in [2.45, 2.75) is 20.4 Å². The molecule has 0 unspecified atom stereocenters. The molecule has 2 heterocycles. The lowest BCUT2D eigenvalue weighted by Gasteiger charge is -2.09. The standard InChI is InChI=1S/C18H16FN3O/c1-11-5-6-13(8-16(11)19)10-21-18(23)15-9-14-4-3-7-20-17(14)22-12(15)2/h3-9H,10H2,1-2H3,(H,21,23). The Morgan fingerprint density at radius 3 is 2.83 bits per heavy atom. The van der Waals surface area contributed by atoms with E-state index in [-0.39, 0.29) is 18.3 Å². The summed E-state index contributed by atoms with van der Waals surface area (Å²) in [6.07, 6.45) is 1.67. The van der Waals surface area contributed by atoms with E-state index >= 15 is 0 Å². The van der Waals surface area contributed by atoms with Gasteiger partial charge in [0.05, 0.1) is 11.3 Å². The van der Waals surface area contributed by atoms with Crippen LogP contribution in [0.2, 0.25) is 0 Å². The van der Waals surface area contributed by atoms with Crippen molar-refractivity contribution in [1.82, 2.24) is 15.3 Å². The molecule has 1 amide bonds. The van der Waals surface area contributed by atoms with Crippen LogP contribution in [0.3, 0.4) is 0 Å². The molecule has 5 heteroatoms. The number of halogens is 1. The molecule has 0 saturated heterocycles. The molecule has 1 aromatic carbocycles. The van der Waals surface area contributed by atoms with Crippen LogP contribution in [0.1, 0.15) is 27.2 Å². The zero-order valence-electron chi connectivity index (χ0n) is 12.9. The van der Waals surface area contributed by atoms with Gasteiger partial charge in [0.15, 0.2) is 5.65 Å². The summed E-state index contributed by atoms with van der Waals surface area (Å²) in [6.45, 7) is 3.74. The molecular weight excluding hydrogens is 293 g/mol. The molecule has 0 bridgehead atoms. The third-order valence-electron chi connectivity index (χ3n) is 3.71. The topological polar surface area (TPSA) is 54.9 Å². The monoisotopic (exact) mass is 309 g/mol. The molecule has 1 N–H and O–H groups in total. The van der Waals surface area contributed by atoms with Gasteiger partial charge in [-0.25, -0.2) is 14.4 Å². The van der Waals surface area contributed by atoms with E-state index in [2.05, 4.69) is 15.3 Å². The predicted molar refractivity (Wildman–Crippen MR) is 86.6 cm³/mol. The Kier molecular flexibility index (Phi) is 4.02. The molecule has 0 atom stereocenters. The number of pyridine rings is 2. The average molecular weight is 309 g/mol. The van der Waals surface area contributed by atoms with Crippen LogP contribution in [0.5, 0.6) is 0 Å². The lowest BCUT2D eigenvalue weighted by atomic mass is 10.1. The van der Waals surface area contributed by atoms with E-state index in [4.69, 9.17) is 0 Å². The number of benzene rings is 1. The van der Waals surface area contributed by atoms with Gasteiger partial charge in [0, 0.05) is 18.1 Å². The lowest BCUT2D eigenvalue weighted by Crippen LogP contribution is -2.24. The first-order chi connectivity index (χ1) is 11.0. The molecule has 0 radical (unpaired) electrons. The van der Waals surface area contributed by atoms with E-state index in [9.17, 15) is 9.18 Å². The van der Waals surface area contributed by atoms with Crippen molar-refractivity contribution in [3.05, 3.63) is 70.8 Å². The van der Waals surface area contributed by atoms with E-state index in [1.54, 1.807) is 44.3 Å². The minimum absolute atomic E-state index is 0.235. The minimum atomic E-state index is -0.272. The highest BCUT2D eigenvalue weighted by Gasteiger charge is 2.12. The first-order valence-corrected chi connectivity index (χ1v) is 7.30. The van der Waals surface area contributed by atoms with E-state index in [0.717, 1.165) is 10.9 Å². The normalized spacial score (nSPS) is 10.7. The van der Waals surface area contributed by atoms with Gasteiger partial charge >= 0.3 is 0 Å². The van der Waals surface area contributed by atoms with Crippen molar-refractivity contribution in [3.63, 3.8) is 0 Å². The Morgan fingerprint density at radius 2 is 2.04 bits per heavy atom. The van der Waals surface area contributed by atoms with Crippen LogP contribution in [-0.2, 0) is 6.54 Å². The molecule has 0 fully saturated rings. The first kappa shape index (κ1) is 15.1. The van der Waals surface area contributed by atoms with Gasteiger partial charge in [-0.3, -0.25) is 4.79 Å². The second kappa shape index (κ2) is 6.12. The molecule has 116 valence electrons. The van der Waals surface area contributed by atoms with Gasteiger partial charge in [-0.05, 0) is 49.2 Å². The highest BCUT2D eigenvalue weighted by molar-refractivity contribution is 5.98. The van der Waals surface area contributed by atoms with Crippen molar-refractivity contribution in [2.24, 2.45) is 0 Å². The number of carbonyl (C=O) groups excluding carboxylic acids is 1. The summed E-state index contributed by atoms with van der Waals surface area (Å²) >= 11 is 0. The van der Waals surface area contributed by atoms with Crippen LogP contribution in [0.25, 0.3) is 11.0 Å². The zero-order chi connectivity index (χ0) is 16.4. The summed E-state index contributed by atoms with van der Waals surface area (Å²) in [5.74, 6) is -0.506. The van der Waals surface area contributed by atoms with Crippen LogP contribution in [0, 0.1) is 19.7 Å². The van der Waals surface area contributed by atoms with E-state index in [1.807, 2.05) is 6.07 Å². The maximum atomic E-state index is 13.5. The highest BCUT2D eigenvalue weighted by atomic mass is 19.1. The number of amides is 1. The predicted octanol–water partition coefficient (Wildman–Crippen LogP) is 3.32. The molecule has 23 heavy (non-hydrogen) atoms. The summed E-state index contributed by atoms with van der Waals surface area (Å²) in [6, 6.07) is 10.4. The van der Waals surface area contributed by atoms with E-state index in [1.165, 1.54) is 6.07 Å². The summed E-state index contributed by atoms with van der Waals surface area (Å²) in [5.41, 5.74) is 3.03. The number of carbonyl (C=O) groups is 1. The molecule has 3 aromatic rings. The van der Waals surface area contributed by atoms with Gasteiger partial charge in [0.25, 0.3) is 5.91 Å². The van der Waals surface area contributed by atoms with Crippen LogP contribution < -0.4 is 5.32 Å². The second-order valence-corrected chi connectivity index (χ2v) is 5.44. The lowest BCUT2D eigenvalue weighted by molar-refractivity contribution is 0.0950. The van der Waals surface area contributed by atoms with Gasteiger partial charge < -0.3 is 5.32 Å². The summed E-state index contributed by atoms with van der Waals surface area (Å²) in [7, 11) is 0. The molecule has 0 aliphatic rings. The molecule has 2 aromatic heterocycles. The second-order valence-electron chi connectivity index (χ2n) is 5.44. The van der Waals surface area contributed by atoms with Gasteiger partial charge in [-0.2, -0.15) is 0 Å². The fourth-order valence-corrected chi connectivity index (χ4v) is 2.35. The van der Waals surface area contributed by atoms with E-state index in [0.29, 0.717) is 22.5 Å². The van der Waals surface area contributed by atoms with E-state index < -0.39 is 0 Å². The van der Waals surface area contributed by atoms with Gasteiger partial charge in [-0.1, -0.05) is 12.1 Å². The Hall–Kier alpha value is -2.82. The quantitative estimate of drug-likeness (QED) is 0.807. The van der Waals surface area contributed by atoms with Crippen molar-refractivity contribution in [2.75, 3.05) is 0 Å². The Balaban J connectivity index is 1.80. The minimum Gasteiger partial charge on any atom is -0.348 e. The van der Waals surface area contributed by atoms with Crippen molar-refractivity contribution in [3.8, 4) is 0 Å². The fraction of sp³-hybridized carbons (Fsp3) is 0.167. The summed E-state index contributed by atoms with van der Waals surface area (Å²) < 4.78 is 13.5. The number of nitrogens with zero attached hydrogens (tertiary/aromatic N) is 2. The number of hydrogen-bond acceptors (Lipinski definition) is 3. The molecular formula is C18H16FN3O. The average Bonchev–Trinajstić information content (AvgIpc) is 2.55. The van der Waals surface area contributed by atoms with Crippen LogP contribution >= 0.6 is 0 Å². The third kappa shape index (κ3) is 3.18. The molecule has 0 spiro atoms. The maximum Gasteiger partial charge on any atom is 0.253 e. The highest BCUT2D eigenvalue weighted by Crippen LogP contribution is 2.15. The smallest absolute Gasteiger partial charge is 0.253 e. The SMILES string of the molecule is Cc1ccc(CNC(=O)c2cc3cccnc3nc2C)cc1F. The van der Waals surface area contributed by atoms with Crippen LogP contribution in [0.4, 0.5) is 4.39 Å². The Bertz CT molecular complexity index is 893. The van der Waals surface area contributed by atoms with Crippen LogP contribution in [-0.4, -0.2) is 15.9 Å². The van der Waals surface area contributed by atoms with Crippen LogP contribution in [0.15, 0.2) is 42.6 Å². The van der Waals surface area contributed by atoms with Gasteiger partial charge in [0.2, 0.25) is 0 Å². The number of hydrogen-bond donors (Lipinski definition) is 1. The molecule has 4 nitrogen and oxygen atoms in total.